The molecule has 0 heterocycles. The summed E-state index contributed by atoms with van der Waals surface area (Å²) in [6, 6.07) is 9.13. The van der Waals surface area contributed by atoms with Gasteiger partial charge < -0.3 is 10.6 Å². The van der Waals surface area contributed by atoms with Gasteiger partial charge >= 0.3 is 0 Å². The van der Waals surface area contributed by atoms with Gasteiger partial charge in [0.25, 0.3) is 0 Å². The molecular weight excluding hydrogens is 428 g/mol. The van der Waals surface area contributed by atoms with Crippen LogP contribution in [-0.4, -0.2) is 35.5 Å². The van der Waals surface area contributed by atoms with Gasteiger partial charge in [0.05, 0.1) is 34.4 Å². The molecule has 0 amide bonds. The van der Waals surface area contributed by atoms with Crippen LogP contribution in [0.3, 0.4) is 0 Å². The molecule has 2 N–H and O–H groups in total. The molecule has 0 saturated carbocycles. The number of carbonyl (C=O) groups is 2. The van der Waals surface area contributed by atoms with Gasteiger partial charge in [-0.15, -0.1) is 0 Å². The molecule has 0 radical (unpaired) electrons. The number of fused-ring (bicyclic) bond motifs is 2. The molecule has 5 rings (SSSR count). The number of allylic oxidation sites excluding steroid dienone is 4. The molecule has 164 valence electrons. The number of hydrogen-bond acceptors (Lipinski definition) is 6. The number of rotatable bonds is 4. The van der Waals surface area contributed by atoms with Crippen molar-refractivity contribution in [3.8, 4) is 0 Å². The minimum atomic E-state index is -0.467. The van der Waals surface area contributed by atoms with E-state index >= 15 is 0 Å². The number of hydrogen-bond donors (Lipinski definition) is 2. The Morgan fingerprint density at radius 3 is 1.47 bits per heavy atom. The molecule has 2 unspecified atom stereocenters. The molecule has 6 heteroatoms. The summed E-state index contributed by atoms with van der Waals surface area (Å²) < 4.78 is 0. The van der Waals surface area contributed by atoms with E-state index in [1.807, 2.05) is 11.9 Å². The molecule has 0 aromatic heterocycles. The zero-order valence-electron chi connectivity index (χ0n) is 17.9. The number of anilines is 2. The molecule has 6 nitrogen and oxygen atoms in total. The Morgan fingerprint density at radius 1 is 0.618 bits per heavy atom. The van der Waals surface area contributed by atoms with Crippen molar-refractivity contribution >= 4 is 34.8 Å². The van der Waals surface area contributed by atoms with Gasteiger partial charge in [-0.05, 0) is 24.3 Å². The molecule has 3 aliphatic rings. The Hall–Kier alpha value is -4.76. The summed E-state index contributed by atoms with van der Waals surface area (Å²) in [5.74, 6) is 3.23. The Balaban J connectivity index is 1.55. The average Bonchev–Trinajstić information content (AvgIpc) is 2.88. The van der Waals surface area contributed by atoms with E-state index in [-0.39, 0.29) is 33.8 Å². The first-order valence-corrected chi connectivity index (χ1v) is 10.7. The van der Waals surface area contributed by atoms with Crippen LogP contribution in [0.4, 0.5) is 11.4 Å². The van der Waals surface area contributed by atoms with Gasteiger partial charge in [0, 0.05) is 22.5 Å². The van der Waals surface area contributed by atoms with E-state index in [0.29, 0.717) is 22.5 Å². The highest BCUT2D eigenvalue weighted by Gasteiger charge is 2.34. The lowest BCUT2D eigenvalue weighted by Crippen LogP contribution is -2.28. The van der Waals surface area contributed by atoms with Gasteiger partial charge in [0.1, 0.15) is 11.9 Å². The Bertz CT molecular complexity index is 1350. The van der Waals surface area contributed by atoms with Gasteiger partial charge in [-0.1, -0.05) is 60.7 Å². The lowest BCUT2D eigenvalue weighted by atomic mass is 9.82. The molecule has 2 atom stereocenters. The van der Waals surface area contributed by atoms with Crippen LogP contribution < -0.4 is 10.6 Å². The third-order valence-electron chi connectivity index (χ3n) is 5.98. The van der Waals surface area contributed by atoms with E-state index in [4.69, 9.17) is 0 Å². The molecule has 2 aromatic carbocycles. The third-order valence-corrected chi connectivity index (χ3v) is 5.98. The lowest BCUT2D eigenvalue weighted by molar-refractivity contribution is 0.0980. The molecule has 0 saturated heterocycles. The van der Waals surface area contributed by atoms with Crippen LogP contribution in [0.25, 0.3) is 0 Å². The third kappa shape index (κ3) is 3.50. The van der Waals surface area contributed by atoms with E-state index in [1.165, 1.54) is 0 Å². The fourth-order valence-electron chi connectivity index (χ4n) is 4.35. The second kappa shape index (κ2) is 8.64. The van der Waals surface area contributed by atoms with Gasteiger partial charge in [-0.3, -0.25) is 9.59 Å². The maximum Gasteiger partial charge on any atom is 0.196 e. The van der Waals surface area contributed by atoms with Crippen molar-refractivity contribution in [3.05, 3.63) is 118 Å². The highest BCUT2D eigenvalue weighted by Crippen LogP contribution is 2.36. The molecule has 3 aliphatic carbocycles. The molecule has 0 bridgehead atoms. The summed E-state index contributed by atoms with van der Waals surface area (Å²) >= 11 is 0. The number of ketones is 2. The Morgan fingerprint density at radius 2 is 1.06 bits per heavy atom. The van der Waals surface area contributed by atoms with Crippen molar-refractivity contribution < 1.29 is 19.2 Å². The average molecular weight is 446 g/mol. The minimum absolute atomic E-state index is 0.263. The first kappa shape index (κ1) is 21.1. The van der Waals surface area contributed by atoms with Gasteiger partial charge in [-0.2, -0.15) is 0 Å². The molecule has 2 aromatic rings. The summed E-state index contributed by atoms with van der Waals surface area (Å²) in [6.07, 6.45) is 13.9. The summed E-state index contributed by atoms with van der Waals surface area (Å²) in [6.45, 7) is 0. The quantitative estimate of drug-likeness (QED) is 0.593. The standard InChI is InChI=1S/C28H18N2O4/c31-15-17-7-1-3-11-21(17)29-23-13-5-9-19-25(23)27(33)20-10-6-14-24(26(20)28(19)34)30-22-12-4-2-8-18(22)16-32/h1-14,21-22,29-30H. The van der Waals surface area contributed by atoms with Gasteiger partial charge in [0.15, 0.2) is 11.6 Å². The van der Waals surface area contributed by atoms with Gasteiger partial charge in [-0.25, -0.2) is 9.59 Å². The second-order valence-corrected chi connectivity index (χ2v) is 7.96. The van der Waals surface area contributed by atoms with Crippen molar-refractivity contribution in [3.63, 3.8) is 0 Å². The van der Waals surface area contributed by atoms with Crippen LogP contribution in [0.5, 0.6) is 0 Å². The first-order valence-electron chi connectivity index (χ1n) is 10.7. The summed E-state index contributed by atoms with van der Waals surface area (Å²) in [7, 11) is 0. The van der Waals surface area contributed by atoms with E-state index < -0.39 is 12.1 Å². The first-order chi connectivity index (χ1) is 16.6. The van der Waals surface area contributed by atoms with Crippen LogP contribution in [0, 0.1) is 0 Å². The smallest absolute Gasteiger partial charge is 0.196 e. The number of benzene rings is 2. The van der Waals surface area contributed by atoms with Crippen LogP contribution in [0.15, 0.2) is 96.2 Å². The molecule has 0 spiro atoms. The molecule has 0 aliphatic heterocycles. The van der Waals surface area contributed by atoms with Crippen molar-refractivity contribution in [2.45, 2.75) is 12.1 Å². The maximum atomic E-state index is 13.6. The molecule has 34 heavy (non-hydrogen) atoms. The fourth-order valence-corrected chi connectivity index (χ4v) is 4.35. The van der Waals surface area contributed by atoms with E-state index in [1.54, 1.807) is 85.0 Å². The lowest BCUT2D eigenvalue weighted by Gasteiger charge is -2.26. The zero-order chi connectivity index (χ0) is 23.7. The van der Waals surface area contributed by atoms with Crippen LogP contribution in [-0.2, 0) is 9.59 Å². The largest absolute Gasteiger partial charge is 0.373 e. The second-order valence-electron chi connectivity index (χ2n) is 7.96. The van der Waals surface area contributed by atoms with Crippen molar-refractivity contribution in [1.82, 2.24) is 0 Å². The van der Waals surface area contributed by atoms with E-state index in [9.17, 15) is 19.2 Å². The summed E-state index contributed by atoms with van der Waals surface area (Å²) in [5.41, 5.74) is 2.79. The number of nitrogens with one attached hydrogen (secondary N) is 2. The van der Waals surface area contributed by atoms with Crippen molar-refractivity contribution in [2.75, 3.05) is 10.6 Å². The van der Waals surface area contributed by atoms with Crippen LogP contribution in [0.2, 0.25) is 0 Å². The fraction of sp³-hybridized carbons (Fsp3) is 0.0714. The SMILES string of the molecule is O=C=C1C=CC=CC1Nc1cccc2c1C(=O)c1cccc(NC3C=CC=CC3=C=O)c1C2=O. The van der Waals surface area contributed by atoms with E-state index in [2.05, 4.69) is 10.6 Å². The monoisotopic (exact) mass is 446 g/mol. The maximum absolute atomic E-state index is 13.6. The van der Waals surface area contributed by atoms with Crippen molar-refractivity contribution in [2.24, 2.45) is 0 Å². The Labute approximate surface area is 195 Å². The van der Waals surface area contributed by atoms with Crippen LogP contribution in [0.1, 0.15) is 31.8 Å². The minimum Gasteiger partial charge on any atom is -0.373 e. The molecule has 0 fully saturated rings. The van der Waals surface area contributed by atoms with E-state index in [0.717, 1.165) is 0 Å². The summed E-state index contributed by atoms with van der Waals surface area (Å²) in [4.78, 5) is 49.9. The highest BCUT2D eigenvalue weighted by molar-refractivity contribution is 6.31. The predicted octanol–water partition coefficient (Wildman–Crippen LogP) is 3.79. The summed E-state index contributed by atoms with van der Waals surface area (Å²) in [5, 5.41) is 6.39. The van der Waals surface area contributed by atoms with Crippen molar-refractivity contribution in [1.29, 1.82) is 0 Å². The zero-order valence-corrected chi connectivity index (χ0v) is 17.9. The topological polar surface area (TPSA) is 92.3 Å². The predicted molar refractivity (Wildman–Crippen MR) is 130 cm³/mol. The highest BCUT2D eigenvalue weighted by atomic mass is 16.1. The number of carbonyl (C=O) groups excluding carboxylic acids is 4. The van der Waals surface area contributed by atoms with Crippen LogP contribution >= 0.6 is 0 Å². The Kier molecular flexibility index (Phi) is 5.36. The van der Waals surface area contributed by atoms with Gasteiger partial charge in [0.2, 0.25) is 0 Å². The molecular formula is C28H18N2O4. The normalized spacial score (nSPS) is 19.9.